The maximum atomic E-state index is 13.1. The van der Waals surface area contributed by atoms with Crippen LogP contribution in [0.5, 0.6) is 0 Å². The number of hydrogen-bond donors (Lipinski definition) is 1. The number of nitrogens with zero attached hydrogens (tertiary/aromatic N) is 4. The van der Waals surface area contributed by atoms with Crippen LogP contribution in [-0.4, -0.2) is 79.2 Å². The molecule has 4 rings (SSSR count). The average Bonchev–Trinajstić information content (AvgIpc) is 2.84. The summed E-state index contributed by atoms with van der Waals surface area (Å²) in [6.45, 7) is 6.61. The average molecular weight is 424 g/mol. The minimum absolute atomic E-state index is 0.0260. The standard InChI is InChI=1S/C23H29N5O3/c1-2-31-23(30)27-14-12-26(13-15-27)22(29)19-8-9-25-21(16-19)28-11-10-24-20(17-28)18-6-4-3-5-7-18/h3-9,16,20,24H,2,10-15,17H2,1H3. The Morgan fingerprint density at radius 2 is 1.81 bits per heavy atom. The summed E-state index contributed by atoms with van der Waals surface area (Å²) in [5, 5.41) is 3.56. The maximum Gasteiger partial charge on any atom is 0.409 e. The minimum atomic E-state index is -0.313. The quantitative estimate of drug-likeness (QED) is 0.812. The van der Waals surface area contributed by atoms with Gasteiger partial charge in [0.2, 0.25) is 0 Å². The highest BCUT2D eigenvalue weighted by Crippen LogP contribution is 2.22. The highest BCUT2D eigenvalue weighted by atomic mass is 16.6. The van der Waals surface area contributed by atoms with E-state index in [9.17, 15) is 9.59 Å². The van der Waals surface area contributed by atoms with Crippen molar-refractivity contribution in [3.63, 3.8) is 0 Å². The van der Waals surface area contributed by atoms with Crippen molar-refractivity contribution < 1.29 is 14.3 Å². The zero-order chi connectivity index (χ0) is 21.6. The zero-order valence-corrected chi connectivity index (χ0v) is 17.9. The van der Waals surface area contributed by atoms with E-state index < -0.39 is 0 Å². The van der Waals surface area contributed by atoms with Crippen molar-refractivity contribution >= 4 is 17.8 Å². The summed E-state index contributed by atoms with van der Waals surface area (Å²) >= 11 is 0. The van der Waals surface area contributed by atoms with Gasteiger partial charge in [0.1, 0.15) is 5.82 Å². The fourth-order valence-electron chi connectivity index (χ4n) is 4.08. The Bertz CT molecular complexity index is 899. The Morgan fingerprint density at radius 3 is 2.55 bits per heavy atom. The normalized spacial score (nSPS) is 19.3. The Kier molecular flexibility index (Phi) is 6.66. The van der Waals surface area contributed by atoms with E-state index in [1.165, 1.54) is 5.56 Å². The Labute approximate surface area is 182 Å². The van der Waals surface area contributed by atoms with E-state index >= 15 is 0 Å². The lowest BCUT2D eigenvalue weighted by Crippen LogP contribution is -2.50. The largest absolute Gasteiger partial charge is 0.450 e. The number of piperazine rings is 2. The number of amides is 2. The van der Waals surface area contributed by atoms with Gasteiger partial charge >= 0.3 is 6.09 Å². The predicted molar refractivity (Wildman–Crippen MR) is 118 cm³/mol. The van der Waals surface area contributed by atoms with Crippen molar-refractivity contribution in [2.75, 3.05) is 57.3 Å². The van der Waals surface area contributed by atoms with Crippen molar-refractivity contribution in [3.8, 4) is 0 Å². The highest BCUT2D eigenvalue weighted by molar-refractivity contribution is 5.95. The van der Waals surface area contributed by atoms with Crippen LogP contribution in [0.1, 0.15) is 28.9 Å². The van der Waals surface area contributed by atoms with Crippen LogP contribution in [0.15, 0.2) is 48.7 Å². The lowest BCUT2D eigenvalue weighted by Gasteiger charge is -2.35. The molecule has 31 heavy (non-hydrogen) atoms. The van der Waals surface area contributed by atoms with E-state index in [2.05, 4.69) is 39.5 Å². The van der Waals surface area contributed by atoms with Gasteiger partial charge < -0.3 is 24.8 Å². The molecule has 1 N–H and O–H groups in total. The van der Waals surface area contributed by atoms with E-state index in [-0.39, 0.29) is 18.0 Å². The van der Waals surface area contributed by atoms with Crippen LogP contribution in [0.4, 0.5) is 10.6 Å². The number of carbonyl (C=O) groups is 2. The summed E-state index contributed by atoms with van der Waals surface area (Å²) < 4.78 is 5.05. The van der Waals surface area contributed by atoms with Gasteiger partial charge in [0.25, 0.3) is 5.91 Å². The monoisotopic (exact) mass is 423 g/mol. The molecule has 0 spiro atoms. The van der Waals surface area contributed by atoms with Gasteiger partial charge in [0.05, 0.1) is 6.61 Å². The molecule has 2 amide bonds. The number of aromatic nitrogens is 1. The molecule has 1 atom stereocenters. The van der Waals surface area contributed by atoms with Crippen LogP contribution < -0.4 is 10.2 Å². The molecule has 0 bridgehead atoms. The third-order valence-corrected chi connectivity index (χ3v) is 5.79. The summed E-state index contributed by atoms with van der Waals surface area (Å²) in [5.74, 6) is 0.792. The molecular weight excluding hydrogens is 394 g/mol. The number of pyridine rings is 1. The summed E-state index contributed by atoms with van der Waals surface area (Å²) in [6.07, 6.45) is 1.39. The molecule has 1 unspecified atom stereocenters. The summed E-state index contributed by atoms with van der Waals surface area (Å²) in [4.78, 5) is 35.1. The number of benzene rings is 1. The number of nitrogens with one attached hydrogen (secondary N) is 1. The van der Waals surface area contributed by atoms with Crippen molar-refractivity contribution in [2.45, 2.75) is 13.0 Å². The second-order valence-corrected chi connectivity index (χ2v) is 7.74. The minimum Gasteiger partial charge on any atom is -0.450 e. The van der Waals surface area contributed by atoms with Crippen LogP contribution in [0, 0.1) is 0 Å². The molecule has 1 aromatic heterocycles. The third kappa shape index (κ3) is 4.96. The molecule has 2 aliphatic heterocycles. The molecule has 164 valence electrons. The van der Waals surface area contributed by atoms with Crippen LogP contribution in [-0.2, 0) is 4.74 Å². The molecule has 2 aliphatic rings. The number of rotatable bonds is 4. The fourth-order valence-corrected chi connectivity index (χ4v) is 4.08. The van der Waals surface area contributed by atoms with Crippen LogP contribution in [0.2, 0.25) is 0 Å². The smallest absolute Gasteiger partial charge is 0.409 e. The van der Waals surface area contributed by atoms with Gasteiger partial charge in [-0.1, -0.05) is 30.3 Å². The number of hydrogen-bond acceptors (Lipinski definition) is 6. The van der Waals surface area contributed by atoms with Gasteiger partial charge in [-0.2, -0.15) is 0 Å². The molecule has 0 saturated carbocycles. The fraction of sp³-hybridized carbons (Fsp3) is 0.435. The van der Waals surface area contributed by atoms with Gasteiger partial charge in [0.15, 0.2) is 0 Å². The van der Waals surface area contributed by atoms with Crippen LogP contribution in [0.25, 0.3) is 0 Å². The lowest BCUT2D eigenvalue weighted by atomic mass is 10.0. The zero-order valence-electron chi connectivity index (χ0n) is 17.9. The molecule has 2 aromatic rings. The summed E-state index contributed by atoms with van der Waals surface area (Å²) in [5.41, 5.74) is 1.88. The molecular formula is C23H29N5O3. The van der Waals surface area contributed by atoms with Gasteiger partial charge in [-0.25, -0.2) is 9.78 Å². The van der Waals surface area contributed by atoms with E-state index in [1.54, 1.807) is 29.0 Å². The molecule has 8 heteroatoms. The van der Waals surface area contributed by atoms with Crippen LogP contribution in [0.3, 0.4) is 0 Å². The molecule has 1 aromatic carbocycles. The van der Waals surface area contributed by atoms with E-state index in [0.29, 0.717) is 38.3 Å². The van der Waals surface area contributed by atoms with E-state index in [1.807, 2.05) is 12.1 Å². The van der Waals surface area contributed by atoms with Gasteiger partial charge in [0, 0.05) is 63.6 Å². The first-order chi connectivity index (χ1) is 15.2. The maximum absolute atomic E-state index is 13.1. The second kappa shape index (κ2) is 9.78. The number of carbonyl (C=O) groups excluding carboxylic acids is 2. The highest BCUT2D eigenvalue weighted by Gasteiger charge is 2.27. The SMILES string of the molecule is CCOC(=O)N1CCN(C(=O)c2ccnc(N3CCNC(c4ccccc4)C3)c2)CC1. The van der Waals surface area contributed by atoms with Gasteiger partial charge in [-0.15, -0.1) is 0 Å². The molecule has 2 saturated heterocycles. The van der Waals surface area contributed by atoms with Gasteiger partial charge in [-0.05, 0) is 24.6 Å². The predicted octanol–water partition coefficient (Wildman–Crippen LogP) is 2.15. The molecule has 8 nitrogen and oxygen atoms in total. The molecule has 0 radical (unpaired) electrons. The van der Waals surface area contributed by atoms with Crippen molar-refractivity contribution in [3.05, 3.63) is 59.8 Å². The van der Waals surface area contributed by atoms with Crippen LogP contribution >= 0.6 is 0 Å². The Balaban J connectivity index is 1.40. The third-order valence-electron chi connectivity index (χ3n) is 5.79. The first kappa shape index (κ1) is 21.1. The van der Waals surface area contributed by atoms with Crippen molar-refractivity contribution in [1.82, 2.24) is 20.1 Å². The van der Waals surface area contributed by atoms with Gasteiger partial charge in [-0.3, -0.25) is 4.79 Å². The Hall–Kier alpha value is -3.13. The summed E-state index contributed by atoms with van der Waals surface area (Å²) in [7, 11) is 0. The van der Waals surface area contributed by atoms with E-state index in [4.69, 9.17) is 4.74 Å². The lowest BCUT2D eigenvalue weighted by molar-refractivity contribution is 0.0570. The van der Waals surface area contributed by atoms with Crippen molar-refractivity contribution in [1.29, 1.82) is 0 Å². The number of anilines is 1. The molecule has 0 aliphatic carbocycles. The van der Waals surface area contributed by atoms with E-state index in [0.717, 1.165) is 25.5 Å². The first-order valence-electron chi connectivity index (χ1n) is 10.9. The molecule has 3 heterocycles. The topological polar surface area (TPSA) is 78.0 Å². The van der Waals surface area contributed by atoms with Crippen molar-refractivity contribution in [2.24, 2.45) is 0 Å². The first-order valence-corrected chi connectivity index (χ1v) is 10.9. The molecule has 2 fully saturated rings. The Morgan fingerprint density at radius 1 is 1.06 bits per heavy atom. The second-order valence-electron chi connectivity index (χ2n) is 7.74. The summed E-state index contributed by atoms with van der Waals surface area (Å²) in [6, 6.07) is 14.3. The number of ether oxygens (including phenoxy) is 1.